The summed E-state index contributed by atoms with van der Waals surface area (Å²) in [5.41, 5.74) is 2.03. The Labute approximate surface area is 174 Å². The lowest BCUT2D eigenvalue weighted by atomic mass is 9.95. The van der Waals surface area contributed by atoms with Gasteiger partial charge in [-0.25, -0.2) is 0 Å². The molecule has 1 aliphatic heterocycles. The van der Waals surface area contributed by atoms with Gasteiger partial charge >= 0.3 is 0 Å². The Hall–Kier alpha value is -3.68. The number of carbonyl (C=O) groups is 2. The third-order valence-electron chi connectivity index (χ3n) is 5.06. The Balaban J connectivity index is 1.32. The van der Waals surface area contributed by atoms with Gasteiger partial charge in [-0.2, -0.15) is 0 Å². The fourth-order valence-electron chi connectivity index (χ4n) is 3.54. The Morgan fingerprint density at radius 2 is 1.77 bits per heavy atom. The van der Waals surface area contributed by atoms with Gasteiger partial charge in [0.25, 0.3) is 0 Å². The predicted molar refractivity (Wildman–Crippen MR) is 114 cm³/mol. The number of nitrogens with zero attached hydrogens (tertiary/aromatic N) is 3. The summed E-state index contributed by atoms with van der Waals surface area (Å²) in [6.07, 6.45) is 3.08. The van der Waals surface area contributed by atoms with Crippen molar-refractivity contribution in [2.45, 2.75) is 19.8 Å². The molecule has 2 N–H and O–H groups in total. The summed E-state index contributed by atoms with van der Waals surface area (Å²) in [7, 11) is 0. The molecule has 154 valence electrons. The highest BCUT2D eigenvalue weighted by Crippen LogP contribution is 2.25. The molecule has 2 amide bonds. The van der Waals surface area contributed by atoms with Crippen molar-refractivity contribution in [3.8, 4) is 11.5 Å². The first kappa shape index (κ1) is 19.6. The number of carbonyl (C=O) groups excluding carboxylic acids is 2. The van der Waals surface area contributed by atoms with Crippen molar-refractivity contribution in [3.05, 3.63) is 54.8 Å². The number of amides is 2. The van der Waals surface area contributed by atoms with E-state index in [-0.39, 0.29) is 17.7 Å². The van der Waals surface area contributed by atoms with Gasteiger partial charge in [-0.1, -0.05) is 6.07 Å². The third-order valence-corrected chi connectivity index (χ3v) is 5.06. The molecule has 0 atom stereocenters. The van der Waals surface area contributed by atoms with Gasteiger partial charge in [0.05, 0.1) is 6.26 Å². The maximum Gasteiger partial charge on any atom is 0.227 e. The molecule has 8 heteroatoms. The molecule has 0 saturated carbocycles. The van der Waals surface area contributed by atoms with Crippen LogP contribution in [-0.4, -0.2) is 35.1 Å². The van der Waals surface area contributed by atoms with E-state index in [0.717, 1.165) is 31.7 Å². The second-order valence-electron chi connectivity index (χ2n) is 7.27. The van der Waals surface area contributed by atoms with Gasteiger partial charge in [0, 0.05) is 37.3 Å². The zero-order valence-electron chi connectivity index (χ0n) is 16.7. The average Bonchev–Trinajstić information content (AvgIpc) is 3.29. The van der Waals surface area contributed by atoms with Gasteiger partial charge in [0.1, 0.15) is 5.69 Å². The first-order valence-electron chi connectivity index (χ1n) is 9.89. The van der Waals surface area contributed by atoms with E-state index in [1.165, 1.54) is 6.92 Å². The maximum atomic E-state index is 12.7. The number of furan rings is 1. The SMILES string of the molecule is CC(=O)Nc1cccc(NC(=O)C2CCN(c3ccc(-c4ccco4)nn3)CC2)c1. The molecule has 0 bridgehead atoms. The Morgan fingerprint density at radius 1 is 1.00 bits per heavy atom. The van der Waals surface area contributed by atoms with Gasteiger partial charge < -0.3 is 20.0 Å². The van der Waals surface area contributed by atoms with Gasteiger partial charge in [0.2, 0.25) is 11.8 Å². The highest BCUT2D eigenvalue weighted by atomic mass is 16.3. The fraction of sp³-hybridized carbons (Fsp3) is 0.273. The van der Waals surface area contributed by atoms with Crippen LogP contribution in [0.15, 0.2) is 59.2 Å². The van der Waals surface area contributed by atoms with Crippen LogP contribution in [-0.2, 0) is 9.59 Å². The number of anilines is 3. The monoisotopic (exact) mass is 405 g/mol. The molecule has 3 aromatic rings. The molecule has 1 aliphatic rings. The lowest BCUT2D eigenvalue weighted by Gasteiger charge is -2.31. The quantitative estimate of drug-likeness (QED) is 0.673. The van der Waals surface area contributed by atoms with Crippen molar-refractivity contribution in [2.24, 2.45) is 5.92 Å². The second-order valence-corrected chi connectivity index (χ2v) is 7.27. The summed E-state index contributed by atoms with van der Waals surface area (Å²) in [5.74, 6) is 1.26. The summed E-state index contributed by atoms with van der Waals surface area (Å²) < 4.78 is 5.34. The highest BCUT2D eigenvalue weighted by molar-refractivity contribution is 5.94. The molecule has 0 radical (unpaired) electrons. The van der Waals surface area contributed by atoms with E-state index in [4.69, 9.17) is 4.42 Å². The van der Waals surface area contributed by atoms with E-state index >= 15 is 0 Å². The van der Waals surface area contributed by atoms with Crippen LogP contribution in [0.5, 0.6) is 0 Å². The van der Waals surface area contributed by atoms with E-state index in [1.807, 2.05) is 30.3 Å². The van der Waals surface area contributed by atoms with Crippen LogP contribution in [0, 0.1) is 5.92 Å². The summed E-state index contributed by atoms with van der Waals surface area (Å²) in [6, 6.07) is 14.6. The van der Waals surface area contributed by atoms with E-state index in [0.29, 0.717) is 22.8 Å². The normalized spacial score (nSPS) is 14.4. The number of rotatable bonds is 5. The van der Waals surface area contributed by atoms with Crippen molar-refractivity contribution in [2.75, 3.05) is 28.6 Å². The second kappa shape index (κ2) is 8.77. The van der Waals surface area contributed by atoms with E-state index in [1.54, 1.807) is 24.5 Å². The topological polar surface area (TPSA) is 100 Å². The summed E-state index contributed by atoms with van der Waals surface area (Å²) in [5, 5.41) is 14.2. The van der Waals surface area contributed by atoms with Crippen LogP contribution in [0.4, 0.5) is 17.2 Å². The Kier molecular flexibility index (Phi) is 5.74. The van der Waals surface area contributed by atoms with Crippen LogP contribution in [0.2, 0.25) is 0 Å². The van der Waals surface area contributed by atoms with Crippen LogP contribution in [0.1, 0.15) is 19.8 Å². The molecular weight excluding hydrogens is 382 g/mol. The molecule has 2 aromatic heterocycles. The van der Waals surface area contributed by atoms with Crippen molar-refractivity contribution >= 4 is 29.0 Å². The van der Waals surface area contributed by atoms with E-state index < -0.39 is 0 Å². The molecule has 8 nitrogen and oxygen atoms in total. The molecule has 0 aliphatic carbocycles. The zero-order chi connectivity index (χ0) is 20.9. The zero-order valence-corrected chi connectivity index (χ0v) is 16.7. The van der Waals surface area contributed by atoms with Crippen LogP contribution in [0.3, 0.4) is 0 Å². The number of benzene rings is 1. The highest BCUT2D eigenvalue weighted by Gasteiger charge is 2.26. The lowest BCUT2D eigenvalue weighted by molar-refractivity contribution is -0.120. The largest absolute Gasteiger partial charge is 0.463 e. The summed E-state index contributed by atoms with van der Waals surface area (Å²) in [4.78, 5) is 26.0. The third kappa shape index (κ3) is 4.65. The standard InChI is InChI=1S/C22H23N5O3/c1-15(28)23-17-4-2-5-18(14-17)24-22(29)16-9-11-27(12-10-16)21-8-7-19(25-26-21)20-6-3-13-30-20/h2-8,13-14,16H,9-12H2,1H3,(H,23,28)(H,24,29). The minimum absolute atomic E-state index is 0.00567. The average molecular weight is 405 g/mol. The molecule has 3 heterocycles. The van der Waals surface area contributed by atoms with Crippen molar-refractivity contribution < 1.29 is 14.0 Å². The molecule has 1 fully saturated rings. The number of hydrogen-bond acceptors (Lipinski definition) is 6. The van der Waals surface area contributed by atoms with Gasteiger partial charge in [-0.3, -0.25) is 9.59 Å². The van der Waals surface area contributed by atoms with Crippen molar-refractivity contribution in [1.29, 1.82) is 0 Å². The van der Waals surface area contributed by atoms with Gasteiger partial charge in [-0.05, 0) is 55.3 Å². The molecule has 1 aromatic carbocycles. The summed E-state index contributed by atoms with van der Waals surface area (Å²) in [6.45, 7) is 2.92. The van der Waals surface area contributed by atoms with Crippen molar-refractivity contribution in [1.82, 2.24) is 10.2 Å². The van der Waals surface area contributed by atoms with Gasteiger partial charge in [0.15, 0.2) is 11.6 Å². The summed E-state index contributed by atoms with van der Waals surface area (Å²) >= 11 is 0. The van der Waals surface area contributed by atoms with Crippen LogP contribution in [0.25, 0.3) is 11.5 Å². The number of aromatic nitrogens is 2. The number of piperidine rings is 1. The molecule has 4 rings (SSSR count). The molecule has 0 spiro atoms. The first-order valence-corrected chi connectivity index (χ1v) is 9.89. The Morgan fingerprint density at radius 3 is 2.40 bits per heavy atom. The molecular formula is C22H23N5O3. The minimum Gasteiger partial charge on any atom is -0.463 e. The molecule has 30 heavy (non-hydrogen) atoms. The predicted octanol–water partition coefficient (Wildman–Crippen LogP) is 3.55. The Bertz CT molecular complexity index is 1010. The van der Waals surface area contributed by atoms with Gasteiger partial charge in [-0.15, -0.1) is 10.2 Å². The van der Waals surface area contributed by atoms with Crippen LogP contribution >= 0.6 is 0 Å². The smallest absolute Gasteiger partial charge is 0.227 e. The maximum absolute atomic E-state index is 12.7. The fourth-order valence-corrected chi connectivity index (χ4v) is 3.54. The van der Waals surface area contributed by atoms with E-state index in [2.05, 4.69) is 25.7 Å². The number of hydrogen-bond donors (Lipinski definition) is 2. The van der Waals surface area contributed by atoms with Crippen molar-refractivity contribution in [3.63, 3.8) is 0 Å². The molecule has 0 unspecified atom stereocenters. The first-order chi connectivity index (χ1) is 14.6. The lowest BCUT2D eigenvalue weighted by Crippen LogP contribution is -2.38. The van der Waals surface area contributed by atoms with Crippen LogP contribution < -0.4 is 15.5 Å². The number of nitrogens with one attached hydrogen (secondary N) is 2. The minimum atomic E-state index is -0.147. The van der Waals surface area contributed by atoms with E-state index in [9.17, 15) is 9.59 Å². The molecule has 1 saturated heterocycles.